The van der Waals surface area contributed by atoms with Gasteiger partial charge in [0.1, 0.15) is 40.3 Å². The fourth-order valence-electron chi connectivity index (χ4n) is 9.61. The minimum absolute atomic E-state index is 0.0603. The molecule has 6 bridgehead atoms. The highest BCUT2D eigenvalue weighted by Gasteiger charge is 3.10. The van der Waals surface area contributed by atoms with Crippen molar-refractivity contribution < 1.29 is 44.9 Å². The molecule has 35 heavy (non-hydrogen) atoms. The second kappa shape index (κ2) is 5.96. The van der Waals surface area contributed by atoms with Crippen LogP contribution in [-0.2, 0) is 9.47 Å². The molecule has 0 radical (unpaired) electrons. The zero-order valence-electron chi connectivity index (χ0n) is 20.6. The largest absolute Gasteiger partial charge is 0.454 e. The van der Waals surface area contributed by atoms with Gasteiger partial charge in [-0.3, -0.25) is 0 Å². The van der Waals surface area contributed by atoms with E-state index >= 15 is 0 Å². The van der Waals surface area contributed by atoms with Crippen LogP contribution in [0.4, 0.5) is 0 Å². The molecule has 7 N–H and O–H groups in total. The maximum Gasteiger partial charge on any atom is 0.355 e. The first-order valence-corrected chi connectivity index (χ1v) is 12.4. The van der Waals surface area contributed by atoms with Gasteiger partial charge < -0.3 is 45.1 Å². The Hall–Kier alpha value is -1.53. The third-order valence-corrected chi connectivity index (χ3v) is 11.3. The highest BCUT2D eigenvalue weighted by Crippen LogP contribution is 2.90. The van der Waals surface area contributed by atoms with Crippen molar-refractivity contribution in [1.29, 1.82) is 0 Å². The average molecular weight is 494 g/mol. The van der Waals surface area contributed by atoms with E-state index in [2.05, 4.69) is 4.98 Å². The summed E-state index contributed by atoms with van der Waals surface area (Å²) in [5, 5.41) is 73.4. The van der Waals surface area contributed by atoms with E-state index in [0.29, 0.717) is 6.42 Å². The molecule has 10 nitrogen and oxygen atoms in total. The van der Waals surface area contributed by atoms with Crippen molar-refractivity contribution in [2.45, 2.75) is 99.9 Å². The SMILES string of the molecule is CC(C)[C@@]1(O)[C@@H](O)[C@@]2(O)[C@@]3(C)C[C@]4(O)O[C@@]5([C@H](OC(=O)c6ccc[nH]6)[C@@H](C)CC[C@]35O)[C@@]2(O)[C@]14C. The number of rotatable bonds is 3. The second-order valence-electron chi connectivity index (χ2n) is 12.4. The lowest BCUT2D eigenvalue weighted by molar-refractivity contribution is -0.389. The van der Waals surface area contributed by atoms with E-state index in [1.54, 1.807) is 33.0 Å². The number of aromatic amines is 1. The Morgan fingerprint density at radius 2 is 1.86 bits per heavy atom. The first-order valence-electron chi connectivity index (χ1n) is 12.4. The summed E-state index contributed by atoms with van der Waals surface area (Å²) >= 11 is 0. The third kappa shape index (κ3) is 1.74. The highest BCUT2D eigenvalue weighted by molar-refractivity contribution is 5.87. The Morgan fingerprint density at radius 1 is 1.20 bits per heavy atom. The van der Waals surface area contributed by atoms with E-state index in [1.165, 1.54) is 19.9 Å². The summed E-state index contributed by atoms with van der Waals surface area (Å²) in [6, 6.07) is 3.14. The molecule has 0 unspecified atom stereocenters. The molecule has 7 rings (SSSR count). The minimum atomic E-state index is -2.59. The molecule has 1 aromatic heterocycles. The Balaban J connectivity index is 1.66. The fraction of sp³-hybridized carbons (Fsp3) is 0.800. The molecule has 0 aromatic carbocycles. The smallest absolute Gasteiger partial charge is 0.355 e. The zero-order chi connectivity index (χ0) is 25.8. The molecule has 6 aliphatic rings. The molecule has 1 spiro atoms. The van der Waals surface area contributed by atoms with Crippen LogP contribution in [-0.4, -0.2) is 87.6 Å². The van der Waals surface area contributed by atoms with Gasteiger partial charge in [-0.2, -0.15) is 0 Å². The van der Waals surface area contributed by atoms with E-state index < -0.39 is 74.6 Å². The van der Waals surface area contributed by atoms with Crippen molar-refractivity contribution in [3.63, 3.8) is 0 Å². The maximum absolute atomic E-state index is 13.1. The monoisotopic (exact) mass is 493 g/mol. The van der Waals surface area contributed by atoms with Gasteiger partial charge in [-0.25, -0.2) is 4.79 Å². The third-order valence-electron chi connectivity index (χ3n) is 11.3. The van der Waals surface area contributed by atoms with Crippen LogP contribution >= 0.6 is 0 Å². The molecule has 0 amide bonds. The van der Waals surface area contributed by atoms with E-state index in [1.807, 2.05) is 0 Å². The van der Waals surface area contributed by atoms with Crippen LogP contribution in [0.5, 0.6) is 0 Å². The molecule has 3 heterocycles. The number of aromatic nitrogens is 1. The summed E-state index contributed by atoms with van der Waals surface area (Å²) in [7, 11) is 0. The van der Waals surface area contributed by atoms with Gasteiger partial charge in [0.05, 0.1) is 5.41 Å². The molecule has 11 atom stereocenters. The lowest BCUT2D eigenvalue weighted by Gasteiger charge is -2.61. The van der Waals surface area contributed by atoms with Crippen molar-refractivity contribution in [3.05, 3.63) is 24.0 Å². The Morgan fingerprint density at radius 3 is 2.43 bits per heavy atom. The van der Waals surface area contributed by atoms with Crippen molar-refractivity contribution in [3.8, 4) is 0 Å². The summed E-state index contributed by atoms with van der Waals surface area (Å²) in [6.45, 7) is 7.90. The standard InChI is InChI=1S/C25H35NO9/c1-12(2)22(31)17(28)23(32)18(4)11-21(30)19(22,5)25(23,33)24(35-21)15(13(3)8-9-20(18,24)29)34-16(27)14-7-6-10-26-14/h6-7,10,12-13,15,17,26,28-33H,8-9,11H2,1-5H3/t13-,15+,17+,18-,19-,20-,21-,22+,23+,24+,25+/m0/s1. The van der Waals surface area contributed by atoms with Gasteiger partial charge in [0, 0.05) is 18.0 Å². The van der Waals surface area contributed by atoms with Crippen molar-refractivity contribution in [2.75, 3.05) is 0 Å². The lowest BCUT2D eigenvalue weighted by Crippen LogP contribution is -2.75. The first kappa shape index (κ1) is 23.8. The number of carbonyl (C=O) groups excluding carboxylic acids is 1. The summed E-state index contributed by atoms with van der Waals surface area (Å²) in [4.78, 5) is 15.9. The molecule has 2 saturated heterocycles. The molecular weight excluding hydrogens is 458 g/mol. The normalized spacial score (nSPS) is 59.8. The van der Waals surface area contributed by atoms with Gasteiger partial charge >= 0.3 is 5.97 Å². The molecule has 6 fully saturated rings. The van der Waals surface area contributed by atoms with Crippen LogP contribution in [0.3, 0.4) is 0 Å². The number of H-pyrrole nitrogens is 1. The molecule has 10 heteroatoms. The Kier molecular flexibility index (Phi) is 4.06. The fourth-order valence-corrected chi connectivity index (χ4v) is 9.61. The van der Waals surface area contributed by atoms with Crippen molar-refractivity contribution >= 4 is 5.97 Å². The van der Waals surface area contributed by atoms with Gasteiger partial charge in [-0.1, -0.05) is 27.7 Å². The minimum Gasteiger partial charge on any atom is -0.454 e. The van der Waals surface area contributed by atoms with E-state index in [-0.39, 0.29) is 18.5 Å². The molecule has 4 aliphatic carbocycles. The van der Waals surface area contributed by atoms with Crippen LogP contribution in [0.2, 0.25) is 0 Å². The molecule has 1 aromatic rings. The zero-order valence-corrected chi connectivity index (χ0v) is 20.6. The van der Waals surface area contributed by atoms with E-state index in [0.717, 1.165) is 0 Å². The second-order valence-corrected chi connectivity index (χ2v) is 12.4. The number of hydrogen-bond acceptors (Lipinski definition) is 9. The van der Waals surface area contributed by atoms with Crippen molar-refractivity contribution in [1.82, 2.24) is 4.98 Å². The van der Waals surface area contributed by atoms with Crippen LogP contribution in [0, 0.1) is 22.7 Å². The van der Waals surface area contributed by atoms with Gasteiger partial charge in [0.15, 0.2) is 11.4 Å². The first-order chi connectivity index (χ1) is 16.0. The number of esters is 1. The van der Waals surface area contributed by atoms with Crippen molar-refractivity contribution in [2.24, 2.45) is 22.7 Å². The maximum atomic E-state index is 13.1. The molecule has 2 aliphatic heterocycles. The van der Waals surface area contributed by atoms with E-state index in [9.17, 15) is 35.4 Å². The highest BCUT2D eigenvalue weighted by atomic mass is 16.7. The summed E-state index contributed by atoms with van der Waals surface area (Å²) < 4.78 is 12.3. The number of ether oxygens (including phenoxy) is 2. The van der Waals surface area contributed by atoms with Crippen LogP contribution < -0.4 is 0 Å². The quantitative estimate of drug-likeness (QED) is 0.282. The number of hydrogen-bond donors (Lipinski definition) is 7. The lowest BCUT2D eigenvalue weighted by atomic mass is 9.52. The van der Waals surface area contributed by atoms with Gasteiger partial charge in [0.2, 0.25) is 0 Å². The Labute approximate surface area is 202 Å². The predicted octanol–water partition coefficient (Wildman–Crippen LogP) is -0.188. The van der Waals surface area contributed by atoms with Crippen LogP contribution in [0.15, 0.2) is 18.3 Å². The summed E-state index contributed by atoms with van der Waals surface area (Å²) in [6.07, 6.45) is -1.61. The predicted molar refractivity (Wildman–Crippen MR) is 119 cm³/mol. The van der Waals surface area contributed by atoms with Crippen LogP contribution in [0.25, 0.3) is 0 Å². The molecule has 194 valence electrons. The molecule has 4 saturated carbocycles. The van der Waals surface area contributed by atoms with E-state index in [4.69, 9.17) is 9.47 Å². The van der Waals surface area contributed by atoms with Gasteiger partial charge in [-0.05, 0) is 43.7 Å². The number of carbonyl (C=O) groups is 1. The summed E-state index contributed by atoms with van der Waals surface area (Å²) in [5.74, 6) is -4.20. The molecular formula is C25H35NO9. The van der Waals surface area contributed by atoms with Gasteiger partial charge in [0.25, 0.3) is 0 Å². The Bertz CT molecular complexity index is 1130. The topological polar surface area (TPSA) is 173 Å². The number of aliphatic hydroxyl groups is 6. The number of nitrogens with one attached hydrogen (secondary N) is 1. The average Bonchev–Trinajstić information content (AvgIpc) is 3.40. The van der Waals surface area contributed by atoms with Gasteiger partial charge in [-0.15, -0.1) is 0 Å². The summed E-state index contributed by atoms with van der Waals surface area (Å²) in [5.41, 5.74) is -15.1. The van der Waals surface area contributed by atoms with Crippen LogP contribution in [0.1, 0.15) is 64.4 Å². The number of aliphatic hydroxyl groups excluding tert-OH is 1.